The van der Waals surface area contributed by atoms with E-state index in [9.17, 15) is 0 Å². The fourth-order valence-corrected chi connectivity index (χ4v) is 2.91. The van der Waals surface area contributed by atoms with Gasteiger partial charge in [-0.25, -0.2) is 0 Å². The third-order valence-electron chi connectivity index (χ3n) is 3.54. The van der Waals surface area contributed by atoms with Crippen LogP contribution in [0.3, 0.4) is 0 Å². The highest BCUT2D eigenvalue weighted by atomic mass is 14.6. The van der Waals surface area contributed by atoms with E-state index < -0.39 is 0 Å². The van der Waals surface area contributed by atoms with Crippen LogP contribution < -0.4 is 5.73 Å². The highest BCUT2D eigenvalue weighted by Crippen LogP contribution is 2.25. The molecule has 1 unspecified atom stereocenters. The predicted molar refractivity (Wildman–Crippen MR) is 74.2 cm³/mol. The third kappa shape index (κ3) is 3.57. The summed E-state index contributed by atoms with van der Waals surface area (Å²) in [4.78, 5) is 0. The summed E-state index contributed by atoms with van der Waals surface area (Å²) in [6.45, 7) is 6.78. The van der Waals surface area contributed by atoms with Crippen molar-refractivity contribution >= 4 is 0 Å². The molecule has 0 aromatic heterocycles. The summed E-state index contributed by atoms with van der Waals surface area (Å²) in [5.41, 5.74) is 11.1. The molecule has 94 valence electrons. The maximum absolute atomic E-state index is 6.24. The zero-order chi connectivity index (χ0) is 12.5. The first-order valence-electron chi connectivity index (χ1n) is 6.80. The maximum Gasteiger partial charge on any atom is 0.00843 e. The standard InChI is InChI=1S/C16H25N/c1-16(2,3)11-15(17)10-12-7-8-13-5-4-6-14(13)9-12/h7-9,15H,4-6,10-11,17H2,1-3H3. The smallest absolute Gasteiger partial charge is 0.00843 e. The van der Waals surface area contributed by atoms with Gasteiger partial charge in [-0.2, -0.15) is 0 Å². The van der Waals surface area contributed by atoms with Crippen LogP contribution >= 0.6 is 0 Å². The topological polar surface area (TPSA) is 26.0 Å². The minimum absolute atomic E-state index is 0.287. The van der Waals surface area contributed by atoms with Gasteiger partial charge in [-0.3, -0.25) is 0 Å². The van der Waals surface area contributed by atoms with Crippen molar-refractivity contribution in [2.24, 2.45) is 11.1 Å². The molecule has 0 heterocycles. The summed E-state index contributed by atoms with van der Waals surface area (Å²) in [5, 5.41) is 0. The van der Waals surface area contributed by atoms with Crippen LogP contribution in [0, 0.1) is 5.41 Å². The van der Waals surface area contributed by atoms with E-state index in [0.717, 1.165) is 12.8 Å². The molecule has 0 radical (unpaired) electrons. The van der Waals surface area contributed by atoms with E-state index in [1.807, 2.05) is 0 Å². The lowest BCUT2D eigenvalue weighted by Gasteiger charge is -2.23. The Morgan fingerprint density at radius 1 is 1.18 bits per heavy atom. The van der Waals surface area contributed by atoms with Crippen LogP contribution in [-0.2, 0) is 19.3 Å². The molecule has 1 aliphatic carbocycles. The number of hydrogen-bond donors (Lipinski definition) is 1. The Morgan fingerprint density at radius 2 is 1.88 bits per heavy atom. The first-order chi connectivity index (χ1) is 7.94. The molecule has 0 bridgehead atoms. The van der Waals surface area contributed by atoms with E-state index in [-0.39, 0.29) is 6.04 Å². The average Bonchev–Trinajstić information content (AvgIpc) is 2.61. The van der Waals surface area contributed by atoms with Crippen molar-refractivity contribution in [3.63, 3.8) is 0 Å². The quantitative estimate of drug-likeness (QED) is 0.847. The lowest BCUT2D eigenvalue weighted by atomic mass is 9.86. The van der Waals surface area contributed by atoms with Gasteiger partial charge in [0, 0.05) is 6.04 Å². The van der Waals surface area contributed by atoms with E-state index in [4.69, 9.17) is 5.73 Å². The number of benzene rings is 1. The third-order valence-corrected chi connectivity index (χ3v) is 3.54. The Kier molecular flexibility index (Phi) is 3.58. The molecular weight excluding hydrogens is 206 g/mol. The zero-order valence-corrected chi connectivity index (χ0v) is 11.4. The first kappa shape index (κ1) is 12.6. The molecule has 1 aromatic rings. The van der Waals surface area contributed by atoms with Gasteiger partial charge in [-0.15, -0.1) is 0 Å². The molecule has 1 atom stereocenters. The summed E-state index contributed by atoms with van der Waals surface area (Å²) in [6.07, 6.45) is 5.96. The van der Waals surface area contributed by atoms with Crippen molar-refractivity contribution < 1.29 is 0 Å². The lowest BCUT2D eigenvalue weighted by molar-refractivity contribution is 0.338. The van der Waals surface area contributed by atoms with E-state index in [1.54, 1.807) is 11.1 Å². The minimum atomic E-state index is 0.287. The molecule has 1 aromatic carbocycles. The summed E-state index contributed by atoms with van der Waals surface area (Å²) in [6, 6.07) is 7.24. The highest BCUT2D eigenvalue weighted by Gasteiger charge is 2.17. The summed E-state index contributed by atoms with van der Waals surface area (Å²) in [7, 11) is 0. The summed E-state index contributed by atoms with van der Waals surface area (Å²) < 4.78 is 0. The second-order valence-corrected chi connectivity index (χ2v) is 6.69. The molecule has 1 aliphatic rings. The van der Waals surface area contributed by atoms with E-state index in [0.29, 0.717) is 5.41 Å². The number of aryl methyl sites for hydroxylation is 2. The van der Waals surface area contributed by atoms with Crippen LogP contribution in [0.25, 0.3) is 0 Å². The Bertz CT molecular complexity index is 387. The van der Waals surface area contributed by atoms with Crippen LogP contribution in [0.4, 0.5) is 0 Å². The molecule has 0 amide bonds. The van der Waals surface area contributed by atoms with E-state index in [2.05, 4.69) is 39.0 Å². The van der Waals surface area contributed by atoms with Crippen molar-refractivity contribution in [2.45, 2.75) is 58.9 Å². The normalized spacial score (nSPS) is 16.9. The fraction of sp³-hybridized carbons (Fsp3) is 0.625. The van der Waals surface area contributed by atoms with Crippen LogP contribution in [-0.4, -0.2) is 6.04 Å². The van der Waals surface area contributed by atoms with Crippen molar-refractivity contribution in [1.82, 2.24) is 0 Å². The molecule has 0 saturated carbocycles. The predicted octanol–water partition coefficient (Wildman–Crippen LogP) is 3.48. The molecule has 1 nitrogen and oxygen atoms in total. The molecule has 0 fully saturated rings. The van der Waals surface area contributed by atoms with Crippen molar-refractivity contribution in [3.8, 4) is 0 Å². The Hall–Kier alpha value is -0.820. The van der Waals surface area contributed by atoms with E-state index >= 15 is 0 Å². The lowest BCUT2D eigenvalue weighted by Crippen LogP contribution is -2.28. The van der Waals surface area contributed by atoms with Gasteiger partial charge >= 0.3 is 0 Å². The molecule has 0 spiro atoms. The fourth-order valence-electron chi connectivity index (χ4n) is 2.91. The molecular formula is C16H25N. The number of rotatable bonds is 3. The molecule has 1 heteroatoms. The average molecular weight is 231 g/mol. The summed E-state index contributed by atoms with van der Waals surface area (Å²) in [5.74, 6) is 0. The second kappa shape index (κ2) is 4.81. The Morgan fingerprint density at radius 3 is 2.59 bits per heavy atom. The van der Waals surface area contributed by atoms with Crippen molar-refractivity contribution in [1.29, 1.82) is 0 Å². The van der Waals surface area contributed by atoms with Crippen LogP contribution in [0.5, 0.6) is 0 Å². The zero-order valence-electron chi connectivity index (χ0n) is 11.4. The monoisotopic (exact) mass is 231 g/mol. The Labute approximate surface area is 105 Å². The van der Waals surface area contributed by atoms with Crippen molar-refractivity contribution in [2.75, 3.05) is 0 Å². The van der Waals surface area contributed by atoms with Gasteiger partial charge in [0.15, 0.2) is 0 Å². The number of hydrogen-bond acceptors (Lipinski definition) is 1. The first-order valence-corrected chi connectivity index (χ1v) is 6.80. The Balaban J connectivity index is 1.99. The summed E-state index contributed by atoms with van der Waals surface area (Å²) >= 11 is 0. The minimum Gasteiger partial charge on any atom is -0.327 e. The number of nitrogens with two attached hydrogens (primary N) is 1. The highest BCUT2D eigenvalue weighted by molar-refractivity contribution is 5.35. The van der Waals surface area contributed by atoms with Gasteiger partial charge in [0.05, 0.1) is 0 Å². The van der Waals surface area contributed by atoms with E-state index in [1.165, 1.54) is 24.8 Å². The van der Waals surface area contributed by atoms with Crippen molar-refractivity contribution in [3.05, 3.63) is 34.9 Å². The number of fused-ring (bicyclic) bond motifs is 1. The van der Waals surface area contributed by atoms with Crippen LogP contribution in [0.15, 0.2) is 18.2 Å². The molecule has 2 N–H and O–H groups in total. The molecule has 0 saturated heterocycles. The molecule has 17 heavy (non-hydrogen) atoms. The van der Waals surface area contributed by atoms with Gasteiger partial charge in [0.2, 0.25) is 0 Å². The van der Waals surface area contributed by atoms with Gasteiger partial charge in [0.25, 0.3) is 0 Å². The molecule has 2 rings (SSSR count). The van der Waals surface area contributed by atoms with Gasteiger partial charge < -0.3 is 5.73 Å². The largest absolute Gasteiger partial charge is 0.327 e. The van der Waals surface area contributed by atoms with Gasteiger partial charge in [-0.1, -0.05) is 39.0 Å². The molecule has 0 aliphatic heterocycles. The van der Waals surface area contributed by atoms with Crippen LogP contribution in [0.2, 0.25) is 0 Å². The SMILES string of the molecule is CC(C)(C)CC(N)Cc1ccc2c(c1)CCC2. The second-order valence-electron chi connectivity index (χ2n) is 6.69. The van der Waals surface area contributed by atoms with Gasteiger partial charge in [0.1, 0.15) is 0 Å². The van der Waals surface area contributed by atoms with Crippen LogP contribution in [0.1, 0.15) is 50.3 Å². The maximum atomic E-state index is 6.24. The van der Waals surface area contributed by atoms with Gasteiger partial charge in [-0.05, 0) is 54.2 Å².